The van der Waals surface area contributed by atoms with Gasteiger partial charge in [0.2, 0.25) is 5.91 Å². The molecule has 0 fully saturated rings. The Balaban J connectivity index is 1.51. The largest absolute Gasteiger partial charge is 0.348 e. The van der Waals surface area contributed by atoms with E-state index in [9.17, 15) is 9.59 Å². The number of pyridine rings is 1. The Bertz CT molecular complexity index is 961. The monoisotopic (exact) mass is 393 g/mol. The quantitative estimate of drug-likeness (QED) is 0.630. The molecule has 0 aliphatic rings. The van der Waals surface area contributed by atoms with Crippen molar-refractivity contribution in [2.75, 3.05) is 5.32 Å². The lowest BCUT2D eigenvalue weighted by molar-refractivity contribution is -0.116. The Morgan fingerprint density at radius 1 is 0.964 bits per heavy atom. The average Bonchev–Trinajstić information content (AvgIpc) is 2.71. The van der Waals surface area contributed by atoms with Gasteiger partial charge < -0.3 is 10.6 Å². The molecule has 0 saturated carbocycles. The zero-order chi connectivity index (χ0) is 19.8. The van der Waals surface area contributed by atoms with Gasteiger partial charge >= 0.3 is 0 Å². The van der Waals surface area contributed by atoms with Gasteiger partial charge in [-0.05, 0) is 53.9 Å². The molecule has 0 unspecified atom stereocenters. The lowest BCUT2D eigenvalue weighted by atomic mass is 10.1. The van der Waals surface area contributed by atoms with Gasteiger partial charge in [0.05, 0.1) is 5.56 Å². The molecule has 0 saturated heterocycles. The maximum Gasteiger partial charge on any atom is 0.253 e. The van der Waals surface area contributed by atoms with E-state index >= 15 is 0 Å². The predicted molar refractivity (Wildman–Crippen MR) is 110 cm³/mol. The molecule has 28 heavy (non-hydrogen) atoms. The van der Waals surface area contributed by atoms with Gasteiger partial charge in [-0.25, -0.2) is 0 Å². The number of rotatable bonds is 7. The molecule has 5 nitrogen and oxygen atoms in total. The molecule has 3 rings (SSSR count). The van der Waals surface area contributed by atoms with E-state index in [1.54, 1.807) is 18.3 Å². The van der Waals surface area contributed by atoms with E-state index in [2.05, 4.69) is 15.6 Å². The van der Waals surface area contributed by atoms with Crippen LogP contribution in [-0.4, -0.2) is 16.8 Å². The van der Waals surface area contributed by atoms with Crippen molar-refractivity contribution < 1.29 is 9.59 Å². The molecule has 142 valence electrons. The number of halogens is 1. The SMILES string of the molecule is O=C(CCc1cccc(Cl)c1)Nc1cccc(CNC(=O)c2cccnc2)c1. The van der Waals surface area contributed by atoms with Crippen LogP contribution in [0.1, 0.15) is 27.9 Å². The van der Waals surface area contributed by atoms with Crippen LogP contribution in [0.25, 0.3) is 0 Å². The standard InChI is InChI=1S/C22H20ClN3O2/c23-19-7-1-4-16(12-19)9-10-21(27)26-20-8-2-5-17(13-20)14-25-22(28)18-6-3-11-24-15-18/h1-8,11-13,15H,9-10,14H2,(H,25,28)(H,26,27). The highest BCUT2D eigenvalue weighted by Crippen LogP contribution is 2.14. The van der Waals surface area contributed by atoms with Crippen molar-refractivity contribution in [2.24, 2.45) is 0 Å². The Hall–Kier alpha value is -3.18. The van der Waals surface area contributed by atoms with E-state index in [1.165, 1.54) is 6.20 Å². The number of carbonyl (C=O) groups excluding carboxylic acids is 2. The lowest BCUT2D eigenvalue weighted by Gasteiger charge is -2.09. The highest BCUT2D eigenvalue weighted by atomic mass is 35.5. The first kappa shape index (κ1) is 19.6. The number of carbonyl (C=O) groups is 2. The van der Waals surface area contributed by atoms with E-state index in [0.29, 0.717) is 35.7 Å². The number of aryl methyl sites for hydroxylation is 1. The minimum Gasteiger partial charge on any atom is -0.348 e. The summed E-state index contributed by atoms with van der Waals surface area (Å²) in [5.41, 5.74) is 3.12. The molecule has 0 radical (unpaired) electrons. The third kappa shape index (κ3) is 5.93. The molecular weight excluding hydrogens is 374 g/mol. The fourth-order valence-corrected chi connectivity index (χ4v) is 2.93. The molecule has 0 spiro atoms. The first-order chi connectivity index (χ1) is 13.6. The number of amides is 2. The van der Waals surface area contributed by atoms with Crippen LogP contribution in [0, 0.1) is 0 Å². The van der Waals surface area contributed by atoms with Crippen LogP contribution >= 0.6 is 11.6 Å². The molecule has 2 N–H and O–H groups in total. The number of benzene rings is 2. The van der Waals surface area contributed by atoms with Crippen LogP contribution in [0.2, 0.25) is 5.02 Å². The summed E-state index contributed by atoms with van der Waals surface area (Å²) in [6, 6.07) is 18.3. The van der Waals surface area contributed by atoms with Crippen LogP contribution in [0.4, 0.5) is 5.69 Å². The minimum atomic E-state index is -0.191. The fraction of sp³-hybridized carbons (Fsp3) is 0.136. The third-order valence-corrected chi connectivity index (χ3v) is 4.35. The zero-order valence-corrected chi connectivity index (χ0v) is 15.9. The molecule has 2 aromatic carbocycles. The van der Waals surface area contributed by atoms with Gasteiger partial charge in [-0.1, -0.05) is 35.9 Å². The van der Waals surface area contributed by atoms with Crippen molar-refractivity contribution in [3.63, 3.8) is 0 Å². The minimum absolute atomic E-state index is 0.0727. The van der Waals surface area contributed by atoms with E-state index in [0.717, 1.165) is 11.1 Å². The Morgan fingerprint density at radius 3 is 2.57 bits per heavy atom. The number of anilines is 1. The number of nitrogens with one attached hydrogen (secondary N) is 2. The van der Waals surface area contributed by atoms with Gasteiger partial charge in [0.1, 0.15) is 0 Å². The van der Waals surface area contributed by atoms with E-state index in [-0.39, 0.29) is 11.8 Å². The second-order valence-corrected chi connectivity index (χ2v) is 6.74. The summed E-state index contributed by atoms with van der Waals surface area (Å²) in [4.78, 5) is 28.2. The molecule has 1 heterocycles. The first-order valence-electron chi connectivity index (χ1n) is 8.91. The number of hydrogen-bond acceptors (Lipinski definition) is 3. The van der Waals surface area contributed by atoms with Gasteiger partial charge in [-0.3, -0.25) is 14.6 Å². The van der Waals surface area contributed by atoms with Crippen molar-refractivity contribution in [1.82, 2.24) is 10.3 Å². The van der Waals surface area contributed by atoms with Crippen molar-refractivity contribution in [2.45, 2.75) is 19.4 Å². The highest BCUT2D eigenvalue weighted by molar-refractivity contribution is 6.30. The van der Waals surface area contributed by atoms with Crippen LogP contribution in [0.15, 0.2) is 73.1 Å². The zero-order valence-electron chi connectivity index (χ0n) is 15.2. The second-order valence-electron chi connectivity index (χ2n) is 6.30. The maximum absolute atomic E-state index is 12.2. The first-order valence-corrected chi connectivity index (χ1v) is 9.29. The maximum atomic E-state index is 12.2. The van der Waals surface area contributed by atoms with Crippen LogP contribution in [0.5, 0.6) is 0 Å². The van der Waals surface area contributed by atoms with E-state index in [1.807, 2.05) is 48.5 Å². The molecule has 2 amide bonds. The molecule has 3 aromatic rings. The third-order valence-electron chi connectivity index (χ3n) is 4.12. The molecular formula is C22H20ClN3O2. The van der Waals surface area contributed by atoms with Gasteiger partial charge in [0, 0.05) is 36.1 Å². The molecule has 1 aromatic heterocycles. The number of aromatic nitrogens is 1. The fourth-order valence-electron chi connectivity index (χ4n) is 2.71. The predicted octanol–water partition coefficient (Wildman–Crippen LogP) is 4.24. The summed E-state index contributed by atoms with van der Waals surface area (Å²) in [5.74, 6) is -0.263. The summed E-state index contributed by atoms with van der Waals surface area (Å²) in [6.07, 6.45) is 4.12. The summed E-state index contributed by atoms with van der Waals surface area (Å²) in [6.45, 7) is 0.361. The van der Waals surface area contributed by atoms with E-state index < -0.39 is 0 Å². The molecule has 6 heteroatoms. The lowest BCUT2D eigenvalue weighted by Crippen LogP contribution is -2.23. The van der Waals surface area contributed by atoms with Crippen molar-refractivity contribution in [1.29, 1.82) is 0 Å². The van der Waals surface area contributed by atoms with Crippen molar-refractivity contribution in [3.05, 3.63) is 94.8 Å². The van der Waals surface area contributed by atoms with Gasteiger partial charge in [0.15, 0.2) is 0 Å². The summed E-state index contributed by atoms with van der Waals surface area (Å²) in [7, 11) is 0. The van der Waals surface area contributed by atoms with Crippen LogP contribution in [-0.2, 0) is 17.8 Å². The number of nitrogens with zero attached hydrogens (tertiary/aromatic N) is 1. The summed E-state index contributed by atoms with van der Waals surface area (Å²) < 4.78 is 0. The number of hydrogen-bond donors (Lipinski definition) is 2. The van der Waals surface area contributed by atoms with Crippen molar-refractivity contribution in [3.8, 4) is 0 Å². The van der Waals surface area contributed by atoms with Gasteiger partial charge in [0.25, 0.3) is 5.91 Å². The second kappa shape index (κ2) is 9.67. The Morgan fingerprint density at radius 2 is 1.79 bits per heavy atom. The highest BCUT2D eigenvalue weighted by Gasteiger charge is 2.07. The molecule has 0 aliphatic carbocycles. The Kier molecular flexibility index (Phi) is 6.76. The molecule has 0 atom stereocenters. The van der Waals surface area contributed by atoms with Crippen molar-refractivity contribution >= 4 is 29.1 Å². The van der Waals surface area contributed by atoms with E-state index in [4.69, 9.17) is 11.6 Å². The topological polar surface area (TPSA) is 71.1 Å². The van der Waals surface area contributed by atoms with Gasteiger partial charge in [-0.15, -0.1) is 0 Å². The summed E-state index contributed by atoms with van der Waals surface area (Å²) in [5, 5.41) is 6.40. The normalized spacial score (nSPS) is 10.3. The molecule has 0 bridgehead atoms. The van der Waals surface area contributed by atoms with Gasteiger partial charge in [-0.2, -0.15) is 0 Å². The average molecular weight is 394 g/mol. The Labute approximate surface area is 168 Å². The smallest absolute Gasteiger partial charge is 0.253 e. The molecule has 0 aliphatic heterocycles. The summed E-state index contributed by atoms with van der Waals surface area (Å²) >= 11 is 5.96. The van der Waals surface area contributed by atoms with Crippen LogP contribution in [0.3, 0.4) is 0 Å². The van der Waals surface area contributed by atoms with Crippen LogP contribution < -0.4 is 10.6 Å².